The molecule has 1 unspecified atom stereocenters. The van der Waals surface area contributed by atoms with E-state index >= 15 is 0 Å². The van der Waals surface area contributed by atoms with Gasteiger partial charge in [-0.15, -0.1) is 0 Å². The van der Waals surface area contributed by atoms with Crippen molar-refractivity contribution in [1.29, 1.82) is 0 Å². The number of hydrogen-bond acceptors (Lipinski definition) is 4. The molecule has 0 aliphatic heterocycles. The quantitative estimate of drug-likeness (QED) is 0.332. The second kappa shape index (κ2) is 13.3. The van der Waals surface area contributed by atoms with E-state index in [1.165, 1.54) is 51.4 Å². The number of nitrogens with zero attached hydrogens (tertiary/aromatic N) is 1. The third-order valence-corrected chi connectivity index (χ3v) is 5.50. The van der Waals surface area contributed by atoms with Crippen molar-refractivity contribution in [3.63, 3.8) is 0 Å². The Balaban J connectivity index is 3.45. The summed E-state index contributed by atoms with van der Waals surface area (Å²) in [5.41, 5.74) is 0. The van der Waals surface area contributed by atoms with Crippen LogP contribution in [0.3, 0.4) is 0 Å². The van der Waals surface area contributed by atoms with Crippen molar-refractivity contribution in [1.82, 2.24) is 4.90 Å². The molecule has 0 N–H and O–H groups in total. The van der Waals surface area contributed by atoms with Crippen LogP contribution < -0.4 is 0 Å². The maximum Gasteiger partial charge on any atom is 0.268 e. The van der Waals surface area contributed by atoms with Gasteiger partial charge in [0.1, 0.15) is 0 Å². The molecule has 0 spiro atoms. The van der Waals surface area contributed by atoms with Crippen molar-refractivity contribution >= 4 is 10.1 Å². The van der Waals surface area contributed by atoms with Gasteiger partial charge in [0.25, 0.3) is 10.1 Å². The first kappa shape index (κ1) is 21.9. The molecule has 1 atom stereocenters. The largest absolute Gasteiger partial charge is 0.306 e. The SMILES string of the molecule is CCCCCCCCCCCCOS(=O)(=O)CC(C)N(C)C. The van der Waals surface area contributed by atoms with E-state index in [9.17, 15) is 8.42 Å². The molecule has 0 heterocycles. The molecule has 0 bridgehead atoms. The van der Waals surface area contributed by atoms with Crippen molar-refractivity contribution in [2.24, 2.45) is 0 Å². The van der Waals surface area contributed by atoms with Crippen molar-refractivity contribution in [2.45, 2.75) is 84.1 Å². The van der Waals surface area contributed by atoms with Gasteiger partial charge in [-0.3, -0.25) is 4.18 Å². The Kier molecular flexibility index (Phi) is 13.2. The highest BCUT2D eigenvalue weighted by molar-refractivity contribution is 7.86. The first-order valence-electron chi connectivity index (χ1n) is 8.92. The zero-order valence-electron chi connectivity index (χ0n) is 15.1. The van der Waals surface area contributed by atoms with Crippen LogP contribution in [0.2, 0.25) is 0 Å². The van der Waals surface area contributed by atoms with Crippen molar-refractivity contribution < 1.29 is 12.6 Å². The van der Waals surface area contributed by atoms with Crippen LogP contribution in [-0.4, -0.2) is 45.8 Å². The fourth-order valence-electron chi connectivity index (χ4n) is 2.27. The molecule has 5 heteroatoms. The zero-order chi connectivity index (χ0) is 16.8. The molecule has 134 valence electrons. The van der Waals surface area contributed by atoms with Crippen LogP contribution in [0.5, 0.6) is 0 Å². The smallest absolute Gasteiger partial charge is 0.268 e. The summed E-state index contributed by atoms with van der Waals surface area (Å²) in [7, 11) is 0.377. The van der Waals surface area contributed by atoms with E-state index in [2.05, 4.69) is 6.92 Å². The summed E-state index contributed by atoms with van der Waals surface area (Å²) in [5, 5.41) is 0. The van der Waals surface area contributed by atoms with Gasteiger partial charge in [-0.25, -0.2) is 0 Å². The van der Waals surface area contributed by atoms with Crippen LogP contribution in [0.4, 0.5) is 0 Å². The lowest BCUT2D eigenvalue weighted by Gasteiger charge is -2.19. The van der Waals surface area contributed by atoms with Crippen LogP contribution in [-0.2, 0) is 14.3 Å². The predicted octanol–water partition coefficient (Wildman–Crippen LogP) is 4.20. The molecule has 0 amide bonds. The minimum Gasteiger partial charge on any atom is -0.306 e. The molecular weight excluding hydrogens is 298 g/mol. The Labute approximate surface area is 138 Å². The van der Waals surface area contributed by atoms with E-state index in [1.807, 2.05) is 25.9 Å². The second-order valence-corrected chi connectivity index (χ2v) is 8.23. The monoisotopic (exact) mass is 335 g/mol. The third kappa shape index (κ3) is 13.5. The Hall–Kier alpha value is -0.130. The molecule has 0 saturated heterocycles. The lowest BCUT2D eigenvalue weighted by Crippen LogP contribution is -2.32. The molecule has 22 heavy (non-hydrogen) atoms. The van der Waals surface area contributed by atoms with Gasteiger partial charge in [-0.2, -0.15) is 8.42 Å². The summed E-state index contributed by atoms with van der Waals surface area (Å²) in [6.45, 7) is 4.46. The van der Waals surface area contributed by atoms with Crippen LogP contribution in [0.15, 0.2) is 0 Å². The van der Waals surface area contributed by atoms with E-state index in [-0.39, 0.29) is 11.8 Å². The van der Waals surface area contributed by atoms with E-state index in [0.29, 0.717) is 6.61 Å². The van der Waals surface area contributed by atoms with Gasteiger partial charge in [-0.05, 0) is 27.4 Å². The lowest BCUT2D eigenvalue weighted by atomic mass is 10.1. The number of rotatable bonds is 15. The highest BCUT2D eigenvalue weighted by Crippen LogP contribution is 2.11. The van der Waals surface area contributed by atoms with Crippen molar-refractivity contribution in [3.05, 3.63) is 0 Å². The molecule has 0 aromatic heterocycles. The third-order valence-electron chi connectivity index (χ3n) is 4.09. The molecule has 4 nitrogen and oxygen atoms in total. The van der Waals surface area contributed by atoms with E-state index in [1.54, 1.807) is 0 Å². The van der Waals surface area contributed by atoms with Gasteiger partial charge < -0.3 is 4.90 Å². The fourth-order valence-corrected chi connectivity index (χ4v) is 3.62. The van der Waals surface area contributed by atoms with Crippen molar-refractivity contribution in [3.8, 4) is 0 Å². The molecule has 0 aliphatic rings. The molecule has 0 aliphatic carbocycles. The first-order valence-corrected chi connectivity index (χ1v) is 10.5. The van der Waals surface area contributed by atoms with E-state index < -0.39 is 10.1 Å². The normalized spacial score (nSPS) is 13.7. The number of unbranched alkanes of at least 4 members (excludes halogenated alkanes) is 9. The predicted molar refractivity (Wildman–Crippen MR) is 94.7 cm³/mol. The zero-order valence-corrected chi connectivity index (χ0v) is 16.0. The van der Waals surface area contributed by atoms with Gasteiger partial charge in [0, 0.05) is 6.04 Å². The maximum absolute atomic E-state index is 11.8. The minimum absolute atomic E-state index is 0.0160. The van der Waals surface area contributed by atoms with E-state index in [4.69, 9.17) is 4.18 Å². The van der Waals surface area contributed by atoms with Crippen LogP contribution in [0.1, 0.15) is 78.1 Å². The molecule has 0 saturated carbocycles. The highest BCUT2D eigenvalue weighted by Gasteiger charge is 2.17. The summed E-state index contributed by atoms with van der Waals surface area (Å²) in [6.07, 6.45) is 12.4. The molecule has 0 aromatic rings. The van der Waals surface area contributed by atoms with Gasteiger partial charge in [-0.1, -0.05) is 64.7 Å². The minimum atomic E-state index is -3.38. The second-order valence-electron chi connectivity index (χ2n) is 6.54. The Morgan fingerprint density at radius 1 is 0.864 bits per heavy atom. The molecule has 0 fully saturated rings. The molecule has 0 radical (unpaired) electrons. The van der Waals surface area contributed by atoms with Crippen LogP contribution in [0, 0.1) is 0 Å². The lowest BCUT2D eigenvalue weighted by molar-refractivity contribution is 0.288. The molecule has 0 aromatic carbocycles. The van der Waals surface area contributed by atoms with Crippen LogP contribution in [0.25, 0.3) is 0 Å². The van der Waals surface area contributed by atoms with Crippen LogP contribution >= 0.6 is 0 Å². The Bertz CT molecular complexity index is 342. The molecule has 0 rings (SSSR count). The maximum atomic E-state index is 11.8. The summed E-state index contributed by atoms with van der Waals surface area (Å²) in [4.78, 5) is 1.89. The Morgan fingerprint density at radius 2 is 1.32 bits per heavy atom. The average molecular weight is 336 g/mol. The summed E-state index contributed by atoms with van der Waals surface area (Å²) >= 11 is 0. The average Bonchev–Trinajstić information content (AvgIpc) is 2.44. The van der Waals surface area contributed by atoms with Gasteiger partial charge >= 0.3 is 0 Å². The highest BCUT2D eigenvalue weighted by atomic mass is 32.2. The van der Waals surface area contributed by atoms with E-state index in [0.717, 1.165) is 12.8 Å². The molecular formula is C17H37NO3S. The van der Waals surface area contributed by atoms with Gasteiger partial charge in [0.2, 0.25) is 0 Å². The summed E-state index contributed by atoms with van der Waals surface area (Å²) in [6, 6.07) is -0.0160. The number of hydrogen-bond donors (Lipinski definition) is 0. The summed E-state index contributed by atoms with van der Waals surface area (Å²) in [5.74, 6) is 0.0672. The van der Waals surface area contributed by atoms with Gasteiger partial charge in [0.05, 0.1) is 12.4 Å². The Morgan fingerprint density at radius 3 is 1.77 bits per heavy atom. The summed E-state index contributed by atoms with van der Waals surface area (Å²) < 4.78 is 28.6. The first-order chi connectivity index (χ1) is 10.4. The van der Waals surface area contributed by atoms with Gasteiger partial charge in [0.15, 0.2) is 0 Å². The fraction of sp³-hybridized carbons (Fsp3) is 1.00. The topological polar surface area (TPSA) is 46.6 Å². The standard InChI is InChI=1S/C17H37NO3S/c1-5-6-7-8-9-10-11-12-13-14-15-21-22(19,20)16-17(2)18(3)4/h17H,5-16H2,1-4H3. The van der Waals surface area contributed by atoms with Crippen molar-refractivity contribution in [2.75, 3.05) is 26.5 Å².